The lowest BCUT2D eigenvalue weighted by Gasteiger charge is -2.07. The Bertz CT molecular complexity index is 636. The lowest BCUT2D eigenvalue weighted by Crippen LogP contribution is -2.01. The molecular formula is C16H12N2O. The molecule has 0 aliphatic carbocycles. The Labute approximate surface area is 112 Å². The van der Waals surface area contributed by atoms with Gasteiger partial charge in [0, 0.05) is 6.42 Å². The highest BCUT2D eigenvalue weighted by Crippen LogP contribution is 2.17. The van der Waals surface area contributed by atoms with Gasteiger partial charge in [0.25, 0.3) is 0 Å². The number of nitrogens with zero attached hydrogens (tertiary/aromatic N) is 2. The standard InChI is InChI=1S/C16H12N2O/c17-11-14-6-7-16(10-15(14)12-18)19-9-8-13-4-2-1-3-5-13/h1-7,10H,8-9H2. The third kappa shape index (κ3) is 3.34. The van der Waals surface area contributed by atoms with E-state index in [1.807, 2.05) is 42.5 Å². The zero-order chi connectivity index (χ0) is 13.5. The van der Waals surface area contributed by atoms with Crippen LogP contribution in [0.2, 0.25) is 0 Å². The van der Waals surface area contributed by atoms with Crippen LogP contribution in [-0.2, 0) is 6.42 Å². The third-order valence-electron chi connectivity index (χ3n) is 2.73. The molecule has 0 fully saturated rings. The Morgan fingerprint density at radius 3 is 2.32 bits per heavy atom. The molecule has 2 rings (SSSR count). The van der Waals surface area contributed by atoms with Crippen molar-refractivity contribution in [1.29, 1.82) is 10.5 Å². The minimum atomic E-state index is 0.347. The highest BCUT2D eigenvalue weighted by atomic mass is 16.5. The molecule has 19 heavy (non-hydrogen) atoms. The fourth-order valence-electron chi connectivity index (χ4n) is 1.73. The first-order chi connectivity index (χ1) is 9.33. The molecule has 0 bridgehead atoms. The molecule has 0 atom stereocenters. The molecule has 92 valence electrons. The van der Waals surface area contributed by atoms with Crippen molar-refractivity contribution in [3.05, 3.63) is 65.2 Å². The van der Waals surface area contributed by atoms with Crippen LogP contribution in [0.3, 0.4) is 0 Å². The summed E-state index contributed by atoms with van der Waals surface area (Å²) in [5.41, 5.74) is 1.93. The molecular weight excluding hydrogens is 236 g/mol. The van der Waals surface area contributed by atoms with E-state index in [9.17, 15) is 0 Å². The summed E-state index contributed by atoms with van der Waals surface area (Å²) in [6, 6.07) is 18.9. The first-order valence-corrected chi connectivity index (χ1v) is 5.94. The van der Waals surface area contributed by atoms with E-state index >= 15 is 0 Å². The molecule has 2 aromatic carbocycles. The number of hydrogen-bond acceptors (Lipinski definition) is 3. The van der Waals surface area contributed by atoms with Gasteiger partial charge in [-0.1, -0.05) is 30.3 Å². The first-order valence-electron chi connectivity index (χ1n) is 5.94. The summed E-state index contributed by atoms with van der Waals surface area (Å²) in [4.78, 5) is 0. The Morgan fingerprint density at radius 1 is 0.895 bits per heavy atom. The summed E-state index contributed by atoms with van der Waals surface area (Å²) in [5, 5.41) is 17.7. The maximum atomic E-state index is 8.92. The Hall–Kier alpha value is -2.78. The molecule has 0 unspecified atom stereocenters. The van der Waals surface area contributed by atoms with Crippen molar-refractivity contribution in [3.63, 3.8) is 0 Å². The number of rotatable bonds is 4. The van der Waals surface area contributed by atoms with E-state index in [0.717, 1.165) is 6.42 Å². The van der Waals surface area contributed by atoms with Gasteiger partial charge in [-0.25, -0.2) is 0 Å². The third-order valence-corrected chi connectivity index (χ3v) is 2.73. The van der Waals surface area contributed by atoms with Crippen LogP contribution in [-0.4, -0.2) is 6.61 Å². The maximum absolute atomic E-state index is 8.92. The van der Waals surface area contributed by atoms with Gasteiger partial charge >= 0.3 is 0 Å². The van der Waals surface area contributed by atoms with Crippen molar-refractivity contribution in [2.75, 3.05) is 6.61 Å². The first kappa shape index (κ1) is 12.7. The number of ether oxygens (including phenoxy) is 1. The van der Waals surface area contributed by atoms with E-state index in [-0.39, 0.29) is 0 Å². The van der Waals surface area contributed by atoms with Crippen molar-refractivity contribution < 1.29 is 4.74 Å². The van der Waals surface area contributed by atoms with Crippen LogP contribution in [0.15, 0.2) is 48.5 Å². The molecule has 0 radical (unpaired) electrons. The van der Waals surface area contributed by atoms with E-state index in [2.05, 4.69) is 0 Å². The molecule has 0 aromatic heterocycles. The van der Waals surface area contributed by atoms with Crippen LogP contribution < -0.4 is 4.74 Å². The lowest BCUT2D eigenvalue weighted by atomic mass is 10.1. The second-order valence-electron chi connectivity index (χ2n) is 4.02. The van der Waals surface area contributed by atoms with Gasteiger partial charge in [0.2, 0.25) is 0 Å². The highest BCUT2D eigenvalue weighted by molar-refractivity contribution is 5.49. The zero-order valence-electron chi connectivity index (χ0n) is 10.3. The molecule has 3 nitrogen and oxygen atoms in total. The van der Waals surface area contributed by atoms with Gasteiger partial charge in [-0.05, 0) is 23.8 Å². The molecule has 0 saturated heterocycles. The van der Waals surface area contributed by atoms with Crippen LogP contribution in [0.25, 0.3) is 0 Å². The summed E-state index contributed by atoms with van der Waals surface area (Å²) in [7, 11) is 0. The molecule has 0 saturated carbocycles. The van der Waals surface area contributed by atoms with Gasteiger partial charge in [-0.15, -0.1) is 0 Å². The van der Waals surface area contributed by atoms with Crippen LogP contribution in [0, 0.1) is 22.7 Å². The average Bonchev–Trinajstić information content (AvgIpc) is 2.48. The Morgan fingerprint density at radius 2 is 1.63 bits per heavy atom. The van der Waals surface area contributed by atoms with Crippen molar-refractivity contribution in [1.82, 2.24) is 0 Å². The second kappa shape index (κ2) is 6.23. The molecule has 0 aliphatic rings. The lowest BCUT2D eigenvalue weighted by molar-refractivity contribution is 0.322. The van der Waals surface area contributed by atoms with Crippen molar-refractivity contribution >= 4 is 0 Å². The molecule has 0 aliphatic heterocycles. The summed E-state index contributed by atoms with van der Waals surface area (Å²) in [6.45, 7) is 0.542. The van der Waals surface area contributed by atoms with E-state index < -0.39 is 0 Å². The predicted molar refractivity (Wildman–Crippen MR) is 71.5 cm³/mol. The fraction of sp³-hybridized carbons (Fsp3) is 0.125. The second-order valence-corrected chi connectivity index (χ2v) is 4.02. The molecule has 3 heteroatoms. The van der Waals surface area contributed by atoms with Gasteiger partial charge in [0.05, 0.1) is 17.7 Å². The van der Waals surface area contributed by atoms with E-state index in [0.29, 0.717) is 23.5 Å². The van der Waals surface area contributed by atoms with Crippen LogP contribution in [0.5, 0.6) is 5.75 Å². The average molecular weight is 248 g/mol. The van der Waals surface area contributed by atoms with Crippen molar-refractivity contribution in [3.8, 4) is 17.9 Å². The number of benzene rings is 2. The molecule has 0 spiro atoms. The summed E-state index contributed by atoms with van der Waals surface area (Å²) in [6.07, 6.45) is 0.808. The molecule has 0 heterocycles. The topological polar surface area (TPSA) is 56.8 Å². The Balaban J connectivity index is 1.98. The van der Waals surface area contributed by atoms with E-state index in [4.69, 9.17) is 15.3 Å². The fourth-order valence-corrected chi connectivity index (χ4v) is 1.73. The van der Waals surface area contributed by atoms with E-state index in [1.54, 1.807) is 18.2 Å². The highest BCUT2D eigenvalue weighted by Gasteiger charge is 2.03. The quantitative estimate of drug-likeness (QED) is 0.835. The molecule has 0 amide bonds. The van der Waals surface area contributed by atoms with Crippen LogP contribution in [0.4, 0.5) is 0 Å². The van der Waals surface area contributed by atoms with Crippen LogP contribution in [0.1, 0.15) is 16.7 Å². The van der Waals surface area contributed by atoms with Gasteiger partial charge in [0.15, 0.2) is 0 Å². The van der Waals surface area contributed by atoms with Gasteiger partial charge in [-0.3, -0.25) is 0 Å². The summed E-state index contributed by atoms with van der Waals surface area (Å²) < 4.78 is 5.59. The Kier molecular flexibility index (Phi) is 4.16. The summed E-state index contributed by atoms with van der Waals surface area (Å²) >= 11 is 0. The zero-order valence-corrected chi connectivity index (χ0v) is 10.3. The normalized spacial score (nSPS) is 9.37. The van der Waals surface area contributed by atoms with Gasteiger partial charge in [0.1, 0.15) is 17.9 Å². The molecule has 0 N–H and O–H groups in total. The SMILES string of the molecule is N#Cc1ccc(OCCc2ccccc2)cc1C#N. The largest absolute Gasteiger partial charge is 0.493 e. The number of nitriles is 2. The van der Waals surface area contributed by atoms with Crippen LogP contribution >= 0.6 is 0 Å². The maximum Gasteiger partial charge on any atom is 0.120 e. The minimum absolute atomic E-state index is 0.347. The van der Waals surface area contributed by atoms with E-state index in [1.165, 1.54) is 5.56 Å². The molecule has 2 aromatic rings. The van der Waals surface area contributed by atoms with Crippen molar-refractivity contribution in [2.24, 2.45) is 0 Å². The van der Waals surface area contributed by atoms with Gasteiger partial charge in [-0.2, -0.15) is 10.5 Å². The smallest absolute Gasteiger partial charge is 0.120 e. The predicted octanol–water partition coefficient (Wildman–Crippen LogP) is 3.05. The van der Waals surface area contributed by atoms with Crippen molar-refractivity contribution in [2.45, 2.75) is 6.42 Å². The minimum Gasteiger partial charge on any atom is -0.493 e. The number of hydrogen-bond donors (Lipinski definition) is 0. The van der Waals surface area contributed by atoms with Gasteiger partial charge < -0.3 is 4.74 Å². The summed E-state index contributed by atoms with van der Waals surface area (Å²) in [5.74, 6) is 0.617. The monoisotopic (exact) mass is 248 g/mol.